The van der Waals surface area contributed by atoms with E-state index < -0.39 is 47.9 Å². The first-order valence-corrected chi connectivity index (χ1v) is 12.7. The molecule has 0 unspecified atom stereocenters. The average molecular weight is 543 g/mol. The van der Waals surface area contributed by atoms with E-state index in [1.54, 1.807) is 30.3 Å². The molecule has 9 heteroatoms. The normalized spacial score (nSPS) is 18.0. The predicted octanol–water partition coefficient (Wildman–Crippen LogP) is 4.75. The number of Topliss-reactive ketones (excluding diaryl/α,β-unsaturated/α-hetero) is 1. The summed E-state index contributed by atoms with van der Waals surface area (Å²) in [5.74, 6) is -3.66. The lowest BCUT2D eigenvalue weighted by Crippen LogP contribution is -2.52. The molecule has 3 aromatic rings. The molecule has 0 aromatic heterocycles. The zero-order chi connectivity index (χ0) is 27.5. The van der Waals surface area contributed by atoms with Crippen LogP contribution in [-0.2, 0) is 9.59 Å². The summed E-state index contributed by atoms with van der Waals surface area (Å²) < 4.78 is 5.36. The molecule has 0 N–H and O–H groups in total. The summed E-state index contributed by atoms with van der Waals surface area (Å²) in [7, 11) is 0. The Morgan fingerprint density at radius 3 is 1.92 bits per heavy atom. The lowest BCUT2D eigenvalue weighted by atomic mass is 9.85. The van der Waals surface area contributed by atoms with Gasteiger partial charge in [-0.1, -0.05) is 42.0 Å². The van der Waals surface area contributed by atoms with Gasteiger partial charge < -0.3 is 4.74 Å². The number of halogens is 1. The highest BCUT2D eigenvalue weighted by Crippen LogP contribution is 2.36. The number of nitrogens with zero attached hydrogens (tertiary/aromatic N) is 2. The molecule has 196 valence electrons. The number of rotatable bonds is 7. The predicted molar refractivity (Wildman–Crippen MR) is 142 cm³/mol. The maximum atomic E-state index is 13.5. The maximum Gasteiger partial charge on any atom is 0.343 e. The first-order chi connectivity index (χ1) is 18.8. The average Bonchev–Trinajstić information content (AvgIpc) is 3.22. The van der Waals surface area contributed by atoms with Crippen molar-refractivity contribution in [1.82, 2.24) is 10.0 Å². The van der Waals surface area contributed by atoms with Gasteiger partial charge in [0, 0.05) is 16.1 Å². The van der Waals surface area contributed by atoms with Gasteiger partial charge in [0.2, 0.25) is 0 Å². The van der Waals surface area contributed by atoms with E-state index in [0.29, 0.717) is 23.4 Å². The van der Waals surface area contributed by atoms with E-state index in [2.05, 4.69) is 0 Å². The molecule has 1 aliphatic heterocycles. The quantitative estimate of drug-likeness (QED) is 0.140. The monoisotopic (exact) mass is 542 g/mol. The van der Waals surface area contributed by atoms with Crippen LogP contribution in [0.4, 0.5) is 0 Å². The minimum Gasteiger partial charge on any atom is -0.423 e. The van der Waals surface area contributed by atoms with Crippen molar-refractivity contribution in [2.75, 3.05) is 6.54 Å². The number of esters is 1. The second-order valence-corrected chi connectivity index (χ2v) is 9.65. The molecule has 0 saturated carbocycles. The van der Waals surface area contributed by atoms with Gasteiger partial charge in [-0.2, -0.15) is 5.01 Å². The van der Waals surface area contributed by atoms with Gasteiger partial charge >= 0.3 is 5.97 Å². The summed E-state index contributed by atoms with van der Waals surface area (Å²) in [6, 6.07) is 20.3. The molecule has 3 aromatic carbocycles. The first-order valence-electron chi connectivity index (χ1n) is 12.3. The van der Waals surface area contributed by atoms with Crippen LogP contribution in [-0.4, -0.2) is 46.0 Å². The first kappa shape index (κ1) is 26.1. The number of fused-ring (bicyclic) bond motifs is 1. The topological polar surface area (TPSA) is 101 Å². The number of amides is 3. The second-order valence-electron chi connectivity index (χ2n) is 9.22. The van der Waals surface area contributed by atoms with E-state index in [0.717, 1.165) is 10.0 Å². The zero-order valence-corrected chi connectivity index (χ0v) is 21.4. The van der Waals surface area contributed by atoms with Crippen LogP contribution in [0.15, 0.2) is 91.0 Å². The molecular formula is C30H23ClN2O6. The summed E-state index contributed by atoms with van der Waals surface area (Å²) in [4.78, 5) is 65.7. The number of hydrogen-bond acceptors (Lipinski definition) is 6. The number of benzene rings is 3. The summed E-state index contributed by atoms with van der Waals surface area (Å²) in [6.45, 7) is -0.547. The van der Waals surface area contributed by atoms with Gasteiger partial charge in [0.25, 0.3) is 17.7 Å². The second kappa shape index (κ2) is 11.0. The van der Waals surface area contributed by atoms with Crippen molar-refractivity contribution in [2.45, 2.75) is 12.8 Å². The molecule has 0 bridgehead atoms. The molecule has 1 saturated heterocycles. The summed E-state index contributed by atoms with van der Waals surface area (Å²) >= 11 is 5.96. The molecule has 1 heterocycles. The van der Waals surface area contributed by atoms with Crippen LogP contribution in [0.2, 0.25) is 5.02 Å². The highest BCUT2D eigenvalue weighted by molar-refractivity contribution is 6.30. The highest BCUT2D eigenvalue weighted by atomic mass is 35.5. The van der Waals surface area contributed by atoms with E-state index in [4.69, 9.17) is 16.3 Å². The molecular weight excluding hydrogens is 520 g/mol. The smallest absolute Gasteiger partial charge is 0.343 e. The Morgan fingerprint density at radius 2 is 1.33 bits per heavy atom. The number of allylic oxidation sites excluding steroid dienone is 2. The van der Waals surface area contributed by atoms with Crippen LogP contribution in [0.3, 0.4) is 0 Å². The Kier molecular flexibility index (Phi) is 7.38. The summed E-state index contributed by atoms with van der Waals surface area (Å²) in [5, 5.41) is 2.15. The van der Waals surface area contributed by atoms with Gasteiger partial charge in [-0.3, -0.25) is 19.2 Å². The number of ketones is 1. The van der Waals surface area contributed by atoms with Crippen molar-refractivity contribution < 1.29 is 28.7 Å². The van der Waals surface area contributed by atoms with E-state index in [9.17, 15) is 24.0 Å². The number of ether oxygens (including phenoxy) is 1. The molecule has 2 aliphatic rings. The van der Waals surface area contributed by atoms with Crippen LogP contribution < -0.4 is 4.74 Å². The van der Waals surface area contributed by atoms with Crippen LogP contribution in [0.1, 0.15) is 43.9 Å². The summed E-state index contributed by atoms with van der Waals surface area (Å²) in [6.07, 6.45) is 4.48. The number of hydrogen-bond donors (Lipinski definition) is 0. The Balaban J connectivity index is 1.37. The Hall–Kier alpha value is -4.56. The van der Waals surface area contributed by atoms with Gasteiger partial charge in [-0.25, -0.2) is 9.80 Å². The minimum atomic E-state index is -0.679. The van der Waals surface area contributed by atoms with E-state index in [-0.39, 0.29) is 16.9 Å². The van der Waals surface area contributed by atoms with Crippen LogP contribution >= 0.6 is 11.6 Å². The molecule has 0 radical (unpaired) electrons. The third kappa shape index (κ3) is 5.37. The Morgan fingerprint density at radius 1 is 0.769 bits per heavy atom. The van der Waals surface area contributed by atoms with E-state index in [1.807, 2.05) is 12.2 Å². The van der Waals surface area contributed by atoms with E-state index >= 15 is 0 Å². The van der Waals surface area contributed by atoms with Crippen molar-refractivity contribution in [1.29, 1.82) is 0 Å². The summed E-state index contributed by atoms with van der Waals surface area (Å²) in [5.41, 5.74) is 0.760. The third-order valence-corrected chi connectivity index (χ3v) is 6.99. The van der Waals surface area contributed by atoms with Crippen molar-refractivity contribution >= 4 is 41.1 Å². The highest BCUT2D eigenvalue weighted by Gasteiger charge is 2.51. The third-order valence-electron chi connectivity index (χ3n) is 6.74. The number of carbonyl (C=O) groups excluding carboxylic acids is 5. The fourth-order valence-corrected chi connectivity index (χ4v) is 4.80. The van der Waals surface area contributed by atoms with Crippen molar-refractivity contribution in [3.05, 3.63) is 113 Å². The lowest BCUT2D eigenvalue weighted by molar-refractivity contribution is -0.154. The van der Waals surface area contributed by atoms with Gasteiger partial charge in [-0.05, 0) is 73.5 Å². The van der Waals surface area contributed by atoms with Crippen LogP contribution in [0.5, 0.6) is 5.75 Å². The van der Waals surface area contributed by atoms with Crippen LogP contribution in [0.25, 0.3) is 0 Å². The van der Waals surface area contributed by atoms with Crippen molar-refractivity contribution in [3.63, 3.8) is 0 Å². The van der Waals surface area contributed by atoms with Gasteiger partial charge in [-0.15, -0.1) is 0 Å². The van der Waals surface area contributed by atoms with Crippen molar-refractivity contribution in [2.24, 2.45) is 11.8 Å². The molecule has 2 atom stereocenters. The fraction of sp³-hybridized carbons (Fsp3) is 0.167. The van der Waals surface area contributed by atoms with Gasteiger partial charge in [0.05, 0.1) is 17.4 Å². The number of hydrazine groups is 1. The Labute approximate surface area is 229 Å². The van der Waals surface area contributed by atoms with Crippen molar-refractivity contribution in [3.8, 4) is 5.75 Å². The number of carbonyl (C=O) groups is 5. The molecule has 39 heavy (non-hydrogen) atoms. The van der Waals surface area contributed by atoms with Gasteiger partial charge in [0.15, 0.2) is 5.78 Å². The zero-order valence-electron chi connectivity index (χ0n) is 20.7. The maximum absolute atomic E-state index is 13.5. The number of imide groups is 1. The van der Waals surface area contributed by atoms with E-state index in [1.165, 1.54) is 48.5 Å². The molecule has 0 spiro atoms. The Bertz CT molecular complexity index is 1440. The molecule has 1 aliphatic carbocycles. The lowest BCUT2D eigenvalue weighted by Gasteiger charge is -2.30. The molecule has 3 amide bonds. The van der Waals surface area contributed by atoms with Crippen LogP contribution in [0, 0.1) is 11.8 Å². The fourth-order valence-electron chi connectivity index (χ4n) is 4.67. The van der Waals surface area contributed by atoms with Gasteiger partial charge in [0.1, 0.15) is 12.3 Å². The molecule has 5 rings (SSSR count). The molecule has 1 fully saturated rings. The standard InChI is InChI=1S/C30H23ClN2O6/c31-22-14-10-20(11-15-22)27(35)32(33-28(36)24-8-4-5-9-25(24)29(33)37)18-26(34)19-12-16-23(17-13-19)39-30(38)21-6-2-1-3-7-21/h1-7,10-17,24-25H,8-9,18H2/t24-,25+. The largest absolute Gasteiger partial charge is 0.423 e. The molecule has 8 nitrogen and oxygen atoms in total. The minimum absolute atomic E-state index is 0.170. The SMILES string of the molecule is O=C(CN(C(=O)c1ccc(Cl)cc1)N1C(=O)[C@H]2CC=CC[C@H]2C1=O)c1ccc(OC(=O)c2ccccc2)cc1.